The number of carbonyl (C=O) groups excluding carboxylic acids is 1. The molecule has 0 aliphatic rings. The molecule has 0 amide bonds. The zero-order valence-corrected chi connectivity index (χ0v) is 11.2. The van der Waals surface area contributed by atoms with E-state index in [0.29, 0.717) is 10.2 Å². The number of methoxy groups -OCH3 is 1. The molecule has 2 rings (SSSR count). The fourth-order valence-corrected chi connectivity index (χ4v) is 1.91. The largest absolute Gasteiger partial charge is 0.463 e. The molecule has 0 atom stereocenters. The van der Waals surface area contributed by atoms with Crippen LogP contribution in [0.15, 0.2) is 29.0 Å². The Bertz CT molecular complexity index is 655. The van der Waals surface area contributed by atoms with Crippen molar-refractivity contribution in [3.8, 4) is 5.69 Å². The number of halogens is 1. The standard InChI is InChI=1S/C10H7BrN4O4/c1-19-10(16)9-12-5-14(13-9)8-3-2-6(15(17)18)4-7(8)11/h2-5H,1H3. The fraction of sp³-hybridized carbons (Fsp3) is 0.100. The Morgan fingerprint density at radius 2 is 2.26 bits per heavy atom. The second kappa shape index (κ2) is 5.14. The van der Waals surface area contributed by atoms with Crippen LogP contribution in [-0.2, 0) is 4.74 Å². The van der Waals surface area contributed by atoms with E-state index >= 15 is 0 Å². The lowest BCUT2D eigenvalue weighted by Gasteiger charge is -2.02. The first-order chi connectivity index (χ1) is 9.02. The van der Waals surface area contributed by atoms with Crippen LogP contribution in [0.25, 0.3) is 5.69 Å². The molecular formula is C10H7BrN4O4. The van der Waals surface area contributed by atoms with E-state index in [9.17, 15) is 14.9 Å². The number of nitro groups is 1. The quantitative estimate of drug-likeness (QED) is 0.483. The number of carbonyl (C=O) groups is 1. The van der Waals surface area contributed by atoms with E-state index in [1.807, 2.05) is 0 Å². The number of hydrogen-bond acceptors (Lipinski definition) is 6. The molecule has 8 nitrogen and oxygen atoms in total. The third kappa shape index (κ3) is 2.60. The molecule has 98 valence electrons. The van der Waals surface area contributed by atoms with E-state index in [0.717, 1.165) is 0 Å². The summed E-state index contributed by atoms with van der Waals surface area (Å²) in [7, 11) is 1.23. The summed E-state index contributed by atoms with van der Waals surface area (Å²) in [4.78, 5) is 25.1. The highest BCUT2D eigenvalue weighted by atomic mass is 79.9. The highest BCUT2D eigenvalue weighted by Crippen LogP contribution is 2.25. The van der Waals surface area contributed by atoms with Gasteiger partial charge in [-0.3, -0.25) is 10.1 Å². The normalized spacial score (nSPS) is 10.2. The second-order valence-electron chi connectivity index (χ2n) is 3.40. The van der Waals surface area contributed by atoms with Gasteiger partial charge in [0.15, 0.2) is 0 Å². The summed E-state index contributed by atoms with van der Waals surface area (Å²) < 4.78 is 6.27. The van der Waals surface area contributed by atoms with E-state index in [1.165, 1.54) is 36.3 Å². The van der Waals surface area contributed by atoms with Crippen molar-refractivity contribution in [2.24, 2.45) is 0 Å². The van der Waals surface area contributed by atoms with Crippen molar-refractivity contribution in [1.82, 2.24) is 14.8 Å². The lowest BCUT2D eigenvalue weighted by atomic mass is 10.3. The van der Waals surface area contributed by atoms with Crippen LogP contribution in [0.5, 0.6) is 0 Å². The molecule has 2 aromatic rings. The number of rotatable bonds is 3. The van der Waals surface area contributed by atoms with Gasteiger partial charge in [0.1, 0.15) is 6.33 Å². The number of nitrogens with zero attached hydrogens (tertiary/aromatic N) is 4. The molecule has 0 aliphatic carbocycles. The number of esters is 1. The van der Waals surface area contributed by atoms with Gasteiger partial charge in [0.05, 0.1) is 22.2 Å². The third-order valence-corrected chi connectivity index (χ3v) is 2.88. The van der Waals surface area contributed by atoms with E-state index in [-0.39, 0.29) is 11.5 Å². The zero-order chi connectivity index (χ0) is 14.0. The molecule has 9 heteroatoms. The molecule has 0 saturated carbocycles. The van der Waals surface area contributed by atoms with Gasteiger partial charge in [-0.2, -0.15) is 0 Å². The number of ether oxygens (including phenoxy) is 1. The number of aromatic nitrogens is 3. The molecule has 0 N–H and O–H groups in total. The van der Waals surface area contributed by atoms with Crippen molar-refractivity contribution in [2.45, 2.75) is 0 Å². The molecule has 0 saturated heterocycles. The topological polar surface area (TPSA) is 100 Å². The van der Waals surface area contributed by atoms with Crippen LogP contribution in [0.4, 0.5) is 5.69 Å². The predicted molar refractivity (Wildman–Crippen MR) is 67.1 cm³/mol. The van der Waals surface area contributed by atoms with Crippen LogP contribution in [0, 0.1) is 10.1 Å². The van der Waals surface area contributed by atoms with Gasteiger partial charge in [-0.1, -0.05) is 0 Å². The van der Waals surface area contributed by atoms with E-state index in [4.69, 9.17) is 0 Å². The maximum Gasteiger partial charge on any atom is 0.377 e. The first-order valence-corrected chi connectivity index (χ1v) is 5.76. The lowest BCUT2D eigenvalue weighted by Crippen LogP contribution is -2.05. The van der Waals surface area contributed by atoms with Crippen molar-refractivity contribution in [3.63, 3.8) is 0 Å². The van der Waals surface area contributed by atoms with Crippen molar-refractivity contribution >= 4 is 27.6 Å². The molecule has 19 heavy (non-hydrogen) atoms. The molecule has 0 fully saturated rings. The molecule has 0 bridgehead atoms. The average molecular weight is 327 g/mol. The van der Waals surface area contributed by atoms with Gasteiger partial charge in [0.2, 0.25) is 0 Å². The fourth-order valence-electron chi connectivity index (χ4n) is 1.36. The number of nitro benzene ring substituents is 1. The van der Waals surface area contributed by atoms with E-state index < -0.39 is 10.9 Å². The first-order valence-electron chi connectivity index (χ1n) is 4.97. The van der Waals surface area contributed by atoms with Gasteiger partial charge < -0.3 is 4.74 Å². The SMILES string of the molecule is COC(=O)c1ncn(-c2ccc([N+](=O)[O-])cc2Br)n1. The van der Waals surface area contributed by atoms with Crippen LogP contribution < -0.4 is 0 Å². The molecule has 0 aliphatic heterocycles. The highest BCUT2D eigenvalue weighted by molar-refractivity contribution is 9.10. The van der Waals surface area contributed by atoms with Crippen LogP contribution >= 0.6 is 15.9 Å². The van der Waals surface area contributed by atoms with Crippen LogP contribution in [0.3, 0.4) is 0 Å². The van der Waals surface area contributed by atoms with E-state index in [1.54, 1.807) is 0 Å². The van der Waals surface area contributed by atoms with Crippen LogP contribution in [0.1, 0.15) is 10.6 Å². The van der Waals surface area contributed by atoms with Gasteiger partial charge in [0.25, 0.3) is 11.5 Å². The van der Waals surface area contributed by atoms with Crippen LogP contribution in [0.2, 0.25) is 0 Å². The molecule has 1 heterocycles. The minimum absolute atomic E-state index is 0.0519. The van der Waals surface area contributed by atoms with E-state index in [2.05, 4.69) is 30.7 Å². The summed E-state index contributed by atoms with van der Waals surface area (Å²) >= 11 is 3.21. The summed E-state index contributed by atoms with van der Waals surface area (Å²) in [5.41, 5.74) is 0.470. The average Bonchev–Trinajstić information content (AvgIpc) is 2.87. The number of non-ortho nitro benzene ring substituents is 1. The Morgan fingerprint density at radius 3 is 2.84 bits per heavy atom. The molecular weight excluding hydrogens is 320 g/mol. The monoisotopic (exact) mass is 326 g/mol. The number of hydrogen-bond donors (Lipinski definition) is 0. The Kier molecular flexibility index (Phi) is 3.56. The molecule has 1 aromatic carbocycles. The van der Waals surface area contributed by atoms with Crippen molar-refractivity contribution in [1.29, 1.82) is 0 Å². The summed E-state index contributed by atoms with van der Waals surface area (Å²) in [6.07, 6.45) is 1.32. The summed E-state index contributed by atoms with van der Waals surface area (Å²) in [6.45, 7) is 0. The predicted octanol–water partition coefficient (Wildman–Crippen LogP) is 1.72. The molecule has 0 radical (unpaired) electrons. The van der Waals surface area contributed by atoms with Crippen LogP contribution in [-0.4, -0.2) is 32.8 Å². The molecule has 0 spiro atoms. The third-order valence-electron chi connectivity index (χ3n) is 2.25. The smallest absolute Gasteiger partial charge is 0.377 e. The van der Waals surface area contributed by atoms with Crippen molar-refractivity contribution < 1.29 is 14.5 Å². The highest BCUT2D eigenvalue weighted by Gasteiger charge is 2.15. The van der Waals surface area contributed by atoms with Gasteiger partial charge in [0, 0.05) is 12.1 Å². The Morgan fingerprint density at radius 1 is 1.53 bits per heavy atom. The Balaban J connectivity index is 2.39. The molecule has 1 aromatic heterocycles. The number of benzene rings is 1. The second-order valence-corrected chi connectivity index (χ2v) is 4.25. The van der Waals surface area contributed by atoms with Gasteiger partial charge in [-0.25, -0.2) is 14.5 Å². The van der Waals surface area contributed by atoms with Gasteiger partial charge in [-0.15, -0.1) is 5.10 Å². The van der Waals surface area contributed by atoms with Crippen molar-refractivity contribution in [2.75, 3.05) is 7.11 Å². The summed E-state index contributed by atoms with van der Waals surface area (Å²) in [6, 6.07) is 4.17. The maximum atomic E-state index is 11.2. The zero-order valence-electron chi connectivity index (χ0n) is 9.61. The Hall–Kier alpha value is -2.29. The lowest BCUT2D eigenvalue weighted by molar-refractivity contribution is -0.384. The summed E-state index contributed by atoms with van der Waals surface area (Å²) in [5, 5.41) is 14.5. The van der Waals surface area contributed by atoms with Gasteiger partial charge in [-0.05, 0) is 22.0 Å². The summed E-state index contributed by atoms with van der Waals surface area (Å²) in [5.74, 6) is -0.746. The first kappa shape index (κ1) is 13.1. The van der Waals surface area contributed by atoms with Crippen molar-refractivity contribution in [3.05, 3.63) is 44.9 Å². The minimum atomic E-state index is -0.656. The van der Waals surface area contributed by atoms with Gasteiger partial charge >= 0.3 is 5.97 Å². The minimum Gasteiger partial charge on any atom is -0.463 e. The maximum absolute atomic E-state index is 11.2. The Labute approximate surface area is 115 Å². The molecule has 0 unspecified atom stereocenters.